The standard InChI is InChI=1S/C10H16ClN3O2/c1-13-8-9(7-12-13)10(15)14(4-3-11)5-6-16-2/h7-8H,3-6H2,1-2H3. The molecule has 0 bridgehead atoms. The van der Waals surface area contributed by atoms with Gasteiger partial charge in [-0.1, -0.05) is 0 Å². The largest absolute Gasteiger partial charge is 0.383 e. The van der Waals surface area contributed by atoms with Crippen LogP contribution in [0.25, 0.3) is 0 Å². The number of aromatic nitrogens is 2. The number of aryl methyl sites for hydroxylation is 1. The number of carbonyl (C=O) groups excluding carboxylic acids is 1. The van der Waals surface area contributed by atoms with Gasteiger partial charge in [0.25, 0.3) is 5.91 Å². The van der Waals surface area contributed by atoms with E-state index in [2.05, 4.69) is 5.10 Å². The van der Waals surface area contributed by atoms with Crippen LogP contribution in [0.4, 0.5) is 0 Å². The normalized spacial score (nSPS) is 10.4. The summed E-state index contributed by atoms with van der Waals surface area (Å²) in [6.07, 6.45) is 3.24. The monoisotopic (exact) mass is 245 g/mol. The Morgan fingerprint density at radius 1 is 1.62 bits per heavy atom. The van der Waals surface area contributed by atoms with Crippen molar-refractivity contribution in [2.75, 3.05) is 32.7 Å². The van der Waals surface area contributed by atoms with Crippen LogP contribution in [-0.2, 0) is 11.8 Å². The molecule has 16 heavy (non-hydrogen) atoms. The first-order valence-electron chi connectivity index (χ1n) is 5.02. The van der Waals surface area contributed by atoms with Crippen molar-refractivity contribution in [3.63, 3.8) is 0 Å². The van der Waals surface area contributed by atoms with Gasteiger partial charge in [0.2, 0.25) is 0 Å². The molecule has 0 unspecified atom stereocenters. The van der Waals surface area contributed by atoms with Gasteiger partial charge in [0, 0.05) is 39.3 Å². The Kier molecular flexibility index (Phi) is 5.28. The first kappa shape index (κ1) is 13.0. The lowest BCUT2D eigenvalue weighted by Gasteiger charge is -2.20. The molecule has 1 aromatic heterocycles. The molecule has 0 saturated heterocycles. The molecule has 1 heterocycles. The lowest BCUT2D eigenvalue weighted by Crippen LogP contribution is -2.35. The minimum Gasteiger partial charge on any atom is -0.383 e. The van der Waals surface area contributed by atoms with Crippen molar-refractivity contribution in [2.24, 2.45) is 7.05 Å². The van der Waals surface area contributed by atoms with Gasteiger partial charge in [0.1, 0.15) is 0 Å². The number of alkyl halides is 1. The van der Waals surface area contributed by atoms with Gasteiger partial charge in [0.05, 0.1) is 18.4 Å². The van der Waals surface area contributed by atoms with Crippen LogP contribution in [0.3, 0.4) is 0 Å². The maximum atomic E-state index is 12.0. The maximum Gasteiger partial charge on any atom is 0.257 e. The van der Waals surface area contributed by atoms with Crippen molar-refractivity contribution in [3.8, 4) is 0 Å². The van der Waals surface area contributed by atoms with Crippen molar-refractivity contribution < 1.29 is 9.53 Å². The molecule has 0 N–H and O–H groups in total. The molecule has 0 aromatic carbocycles. The van der Waals surface area contributed by atoms with Gasteiger partial charge in [-0.3, -0.25) is 9.48 Å². The summed E-state index contributed by atoms with van der Waals surface area (Å²) in [5, 5.41) is 3.97. The molecule has 90 valence electrons. The van der Waals surface area contributed by atoms with Crippen molar-refractivity contribution in [2.45, 2.75) is 0 Å². The quantitative estimate of drug-likeness (QED) is 0.695. The van der Waals surface area contributed by atoms with Crippen LogP contribution >= 0.6 is 11.6 Å². The highest BCUT2D eigenvalue weighted by molar-refractivity contribution is 6.18. The van der Waals surface area contributed by atoms with Crippen LogP contribution in [0, 0.1) is 0 Å². The number of amides is 1. The Labute approximate surface area is 99.9 Å². The summed E-state index contributed by atoms with van der Waals surface area (Å²) in [4.78, 5) is 13.7. The van der Waals surface area contributed by atoms with E-state index in [0.29, 0.717) is 31.1 Å². The molecule has 0 aliphatic carbocycles. The molecule has 5 nitrogen and oxygen atoms in total. The number of carbonyl (C=O) groups is 1. The minimum absolute atomic E-state index is 0.0641. The van der Waals surface area contributed by atoms with E-state index in [4.69, 9.17) is 16.3 Å². The minimum atomic E-state index is -0.0641. The van der Waals surface area contributed by atoms with Crippen molar-refractivity contribution >= 4 is 17.5 Å². The second-order valence-electron chi connectivity index (χ2n) is 3.38. The van der Waals surface area contributed by atoms with Crippen LogP contribution in [0.15, 0.2) is 12.4 Å². The fourth-order valence-electron chi connectivity index (χ4n) is 1.33. The Balaban J connectivity index is 2.66. The molecule has 0 aliphatic rings. The highest BCUT2D eigenvalue weighted by Gasteiger charge is 2.16. The lowest BCUT2D eigenvalue weighted by molar-refractivity contribution is 0.0707. The third kappa shape index (κ3) is 3.50. The Hall–Kier alpha value is -1.07. The van der Waals surface area contributed by atoms with Gasteiger partial charge >= 0.3 is 0 Å². The maximum absolute atomic E-state index is 12.0. The van der Waals surface area contributed by atoms with Gasteiger partial charge in [-0.05, 0) is 0 Å². The molecule has 0 spiro atoms. The Bertz CT molecular complexity index is 341. The summed E-state index contributed by atoms with van der Waals surface area (Å²) < 4.78 is 6.55. The third-order valence-electron chi connectivity index (χ3n) is 2.16. The number of nitrogens with zero attached hydrogens (tertiary/aromatic N) is 3. The molecule has 0 radical (unpaired) electrons. The summed E-state index contributed by atoms with van der Waals surface area (Å²) in [6.45, 7) is 1.55. The van der Waals surface area contributed by atoms with Crippen molar-refractivity contribution in [1.29, 1.82) is 0 Å². The fraction of sp³-hybridized carbons (Fsp3) is 0.600. The summed E-state index contributed by atoms with van der Waals surface area (Å²) in [5.41, 5.74) is 0.573. The molecule has 1 aromatic rings. The van der Waals surface area contributed by atoms with Crippen molar-refractivity contribution in [1.82, 2.24) is 14.7 Å². The number of rotatable bonds is 6. The average molecular weight is 246 g/mol. The first-order valence-corrected chi connectivity index (χ1v) is 5.55. The highest BCUT2D eigenvalue weighted by Crippen LogP contribution is 2.03. The van der Waals surface area contributed by atoms with Gasteiger partial charge in [0.15, 0.2) is 0 Å². The second kappa shape index (κ2) is 6.50. The van der Waals surface area contributed by atoms with E-state index in [0.717, 1.165) is 0 Å². The van der Waals surface area contributed by atoms with E-state index in [-0.39, 0.29) is 5.91 Å². The predicted molar refractivity (Wildman–Crippen MR) is 61.7 cm³/mol. The molecular formula is C10H16ClN3O2. The van der Waals surface area contributed by atoms with Gasteiger partial charge < -0.3 is 9.64 Å². The smallest absolute Gasteiger partial charge is 0.257 e. The van der Waals surface area contributed by atoms with E-state index >= 15 is 0 Å². The van der Waals surface area contributed by atoms with E-state index in [1.54, 1.807) is 36.1 Å². The predicted octanol–water partition coefficient (Wildman–Crippen LogP) is 0.747. The van der Waals surface area contributed by atoms with Gasteiger partial charge in [-0.15, -0.1) is 11.6 Å². The fourth-order valence-corrected chi connectivity index (χ4v) is 1.54. The van der Waals surface area contributed by atoms with Crippen LogP contribution in [0.5, 0.6) is 0 Å². The number of halogens is 1. The zero-order chi connectivity index (χ0) is 12.0. The zero-order valence-electron chi connectivity index (χ0n) is 9.52. The summed E-state index contributed by atoms with van der Waals surface area (Å²) in [7, 11) is 3.38. The summed E-state index contributed by atoms with van der Waals surface area (Å²) in [6, 6.07) is 0. The molecule has 0 aliphatic heterocycles. The molecular weight excluding hydrogens is 230 g/mol. The van der Waals surface area contributed by atoms with Gasteiger partial charge in [-0.2, -0.15) is 5.10 Å². The molecule has 0 saturated carbocycles. The van der Waals surface area contributed by atoms with Crippen LogP contribution in [0.1, 0.15) is 10.4 Å². The SMILES string of the molecule is COCCN(CCCl)C(=O)c1cnn(C)c1. The molecule has 6 heteroatoms. The third-order valence-corrected chi connectivity index (χ3v) is 2.33. The lowest BCUT2D eigenvalue weighted by atomic mass is 10.3. The topological polar surface area (TPSA) is 47.4 Å². The Morgan fingerprint density at radius 3 is 2.88 bits per heavy atom. The number of hydrogen-bond donors (Lipinski definition) is 0. The van der Waals surface area contributed by atoms with E-state index in [1.807, 2.05) is 0 Å². The molecule has 1 rings (SSSR count). The molecule has 1 amide bonds. The van der Waals surface area contributed by atoms with Crippen LogP contribution in [0.2, 0.25) is 0 Å². The highest BCUT2D eigenvalue weighted by atomic mass is 35.5. The molecule has 0 atom stereocenters. The van der Waals surface area contributed by atoms with E-state index in [9.17, 15) is 4.79 Å². The van der Waals surface area contributed by atoms with Gasteiger partial charge in [-0.25, -0.2) is 0 Å². The Morgan fingerprint density at radius 2 is 2.38 bits per heavy atom. The zero-order valence-corrected chi connectivity index (χ0v) is 10.3. The summed E-state index contributed by atoms with van der Waals surface area (Å²) >= 11 is 5.66. The number of methoxy groups -OCH3 is 1. The first-order chi connectivity index (χ1) is 7.69. The van der Waals surface area contributed by atoms with E-state index in [1.165, 1.54) is 0 Å². The van der Waals surface area contributed by atoms with E-state index < -0.39 is 0 Å². The van der Waals surface area contributed by atoms with Crippen LogP contribution < -0.4 is 0 Å². The average Bonchev–Trinajstić information content (AvgIpc) is 2.70. The van der Waals surface area contributed by atoms with Crippen LogP contribution in [-0.4, -0.2) is 53.3 Å². The number of ether oxygens (including phenoxy) is 1. The summed E-state index contributed by atoms with van der Waals surface area (Å²) in [5.74, 6) is 0.348. The molecule has 0 fully saturated rings. The number of hydrogen-bond acceptors (Lipinski definition) is 3. The van der Waals surface area contributed by atoms with Crippen molar-refractivity contribution in [3.05, 3.63) is 18.0 Å². The second-order valence-corrected chi connectivity index (χ2v) is 3.75.